The van der Waals surface area contributed by atoms with E-state index in [1.807, 2.05) is 11.9 Å². The van der Waals surface area contributed by atoms with Crippen molar-refractivity contribution in [1.82, 2.24) is 0 Å². The van der Waals surface area contributed by atoms with Crippen molar-refractivity contribution in [3.8, 4) is 0 Å². The van der Waals surface area contributed by atoms with E-state index in [4.69, 9.17) is 0 Å². The molecule has 0 spiro atoms. The van der Waals surface area contributed by atoms with Crippen LogP contribution in [0.1, 0.15) is 13.8 Å². The molecule has 0 radical (unpaired) electrons. The molecule has 96 valence electrons. The highest BCUT2D eigenvalue weighted by Crippen LogP contribution is 2.18. The Balaban J connectivity index is 2.88. The molecule has 4 nitrogen and oxygen atoms in total. The third-order valence-electron chi connectivity index (χ3n) is 2.33. The quantitative estimate of drug-likeness (QED) is 0.883. The van der Waals surface area contributed by atoms with Crippen molar-refractivity contribution in [3.63, 3.8) is 0 Å². The largest absolute Gasteiger partial charge is 0.389 e. The lowest BCUT2D eigenvalue weighted by atomic mass is 10.1. The second-order valence-corrected chi connectivity index (χ2v) is 6.95. The summed E-state index contributed by atoms with van der Waals surface area (Å²) in [4.78, 5) is 2.18. The predicted octanol–water partition coefficient (Wildman–Crippen LogP) is 1.30. The van der Waals surface area contributed by atoms with E-state index in [1.165, 1.54) is 6.26 Å². The van der Waals surface area contributed by atoms with Crippen molar-refractivity contribution in [3.05, 3.63) is 24.3 Å². The van der Waals surface area contributed by atoms with Gasteiger partial charge in [-0.25, -0.2) is 8.42 Å². The molecule has 1 rings (SSSR count). The van der Waals surface area contributed by atoms with E-state index < -0.39 is 15.4 Å². The summed E-state index contributed by atoms with van der Waals surface area (Å²) in [6.07, 6.45) is 1.18. The average Bonchev–Trinajstić information content (AvgIpc) is 2.14. The Hall–Kier alpha value is -1.07. The molecular formula is C12H19NO3S. The zero-order chi connectivity index (χ0) is 13.3. The molecule has 0 bridgehead atoms. The number of sulfone groups is 1. The normalized spacial score (nSPS) is 12.5. The van der Waals surface area contributed by atoms with Gasteiger partial charge in [0.25, 0.3) is 0 Å². The van der Waals surface area contributed by atoms with Crippen LogP contribution in [0.5, 0.6) is 0 Å². The van der Waals surface area contributed by atoms with Crippen LogP contribution in [0.15, 0.2) is 29.2 Å². The maximum absolute atomic E-state index is 11.3. The second kappa shape index (κ2) is 4.66. The molecule has 1 aromatic rings. The Morgan fingerprint density at radius 1 is 1.24 bits per heavy atom. The summed E-state index contributed by atoms with van der Waals surface area (Å²) in [5, 5.41) is 9.70. The first kappa shape index (κ1) is 14.0. The number of likely N-dealkylation sites (N-methyl/N-ethyl adjacent to an activating group) is 1. The van der Waals surface area contributed by atoms with Gasteiger partial charge in [-0.15, -0.1) is 0 Å². The lowest BCUT2D eigenvalue weighted by Gasteiger charge is -2.27. The summed E-state index contributed by atoms with van der Waals surface area (Å²) in [5.74, 6) is 0. The Morgan fingerprint density at radius 2 is 1.71 bits per heavy atom. The minimum atomic E-state index is -3.15. The molecule has 0 aromatic heterocycles. The molecule has 0 fully saturated rings. The molecule has 0 heterocycles. The maximum atomic E-state index is 11.3. The lowest BCUT2D eigenvalue weighted by Crippen LogP contribution is -2.36. The monoisotopic (exact) mass is 257 g/mol. The molecule has 0 amide bonds. The standard InChI is InChI=1S/C12H19NO3S/c1-12(2,14)9-13(3)10-5-7-11(8-6-10)17(4,15)16/h5-8,14H,9H2,1-4H3. The molecule has 0 aliphatic rings. The van der Waals surface area contributed by atoms with Crippen molar-refractivity contribution in [2.45, 2.75) is 24.3 Å². The van der Waals surface area contributed by atoms with E-state index in [9.17, 15) is 13.5 Å². The summed E-state index contributed by atoms with van der Waals surface area (Å²) in [5.41, 5.74) is 0.0871. The SMILES string of the molecule is CN(CC(C)(C)O)c1ccc(S(C)(=O)=O)cc1. The first-order chi connectivity index (χ1) is 7.59. The van der Waals surface area contributed by atoms with Gasteiger partial charge in [-0.05, 0) is 38.1 Å². The fourth-order valence-electron chi connectivity index (χ4n) is 1.62. The molecule has 0 saturated carbocycles. The van der Waals surface area contributed by atoms with Crippen LogP contribution in [0, 0.1) is 0 Å². The van der Waals surface area contributed by atoms with Crippen LogP contribution in [0.4, 0.5) is 5.69 Å². The van der Waals surface area contributed by atoms with Gasteiger partial charge >= 0.3 is 0 Å². The Kier molecular flexibility index (Phi) is 3.84. The van der Waals surface area contributed by atoms with Gasteiger partial charge in [0, 0.05) is 25.5 Å². The third kappa shape index (κ3) is 4.36. The Morgan fingerprint density at radius 3 is 2.06 bits per heavy atom. The van der Waals surface area contributed by atoms with Crippen molar-refractivity contribution in [2.24, 2.45) is 0 Å². The van der Waals surface area contributed by atoms with Gasteiger partial charge in [-0.3, -0.25) is 0 Å². The van der Waals surface area contributed by atoms with Gasteiger partial charge in [0.1, 0.15) is 0 Å². The summed E-state index contributed by atoms with van der Waals surface area (Å²) < 4.78 is 22.6. The van der Waals surface area contributed by atoms with E-state index in [0.717, 1.165) is 5.69 Å². The molecule has 1 aromatic carbocycles. The maximum Gasteiger partial charge on any atom is 0.175 e. The van der Waals surface area contributed by atoms with E-state index >= 15 is 0 Å². The number of anilines is 1. The van der Waals surface area contributed by atoms with Crippen LogP contribution in [0.3, 0.4) is 0 Å². The van der Waals surface area contributed by atoms with Gasteiger partial charge in [0.05, 0.1) is 10.5 Å². The summed E-state index contributed by atoms with van der Waals surface area (Å²) in [7, 11) is -1.29. The third-order valence-corrected chi connectivity index (χ3v) is 3.46. The van der Waals surface area contributed by atoms with Crippen molar-refractivity contribution in [1.29, 1.82) is 0 Å². The van der Waals surface area contributed by atoms with Crippen LogP contribution in [0.2, 0.25) is 0 Å². The van der Waals surface area contributed by atoms with Crippen molar-refractivity contribution in [2.75, 3.05) is 24.7 Å². The van der Waals surface area contributed by atoms with Gasteiger partial charge < -0.3 is 10.0 Å². The van der Waals surface area contributed by atoms with Gasteiger partial charge in [-0.2, -0.15) is 0 Å². The number of hydrogen-bond acceptors (Lipinski definition) is 4. The molecule has 0 aliphatic carbocycles. The Bertz CT molecular complexity index is 471. The molecule has 1 N–H and O–H groups in total. The lowest BCUT2D eigenvalue weighted by molar-refractivity contribution is 0.0886. The second-order valence-electron chi connectivity index (χ2n) is 4.93. The van der Waals surface area contributed by atoms with Crippen LogP contribution >= 0.6 is 0 Å². The van der Waals surface area contributed by atoms with Crippen LogP contribution in [0.25, 0.3) is 0 Å². The topological polar surface area (TPSA) is 57.6 Å². The number of nitrogens with zero attached hydrogens (tertiary/aromatic N) is 1. The van der Waals surface area contributed by atoms with Crippen molar-refractivity contribution >= 4 is 15.5 Å². The number of rotatable bonds is 4. The fraction of sp³-hybridized carbons (Fsp3) is 0.500. The molecule has 0 atom stereocenters. The average molecular weight is 257 g/mol. The van der Waals surface area contributed by atoms with Crippen LogP contribution in [-0.2, 0) is 9.84 Å². The highest BCUT2D eigenvalue weighted by atomic mass is 32.2. The molecule has 0 unspecified atom stereocenters. The summed E-state index contributed by atoms with van der Waals surface area (Å²) in [6.45, 7) is 3.94. The van der Waals surface area contributed by atoms with E-state index in [1.54, 1.807) is 38.1 Å². The number of benzene rings is 1. The number of hydrogen-bond donors (Lipinski definition) is 1. The molecular weight excluding hydrogens is 238 g/mol. The predicted molar refractivity (Wildman–Crippen MR) is 69.1 cm³/mol. The zero-order valence-corrected chi connectivity index (χ0v) is 11.5. The van der Waals surface area contributed by atoms with Crippen LogP contribution in [-0.4, -0.2) is 39.0 Å². The zero-order valence-electron chi connectivity index (χ0n) is 10.6. The highest BCUT2D eigenvalue weighted by Gasteiger charge is 2.16. The van der Waals surface area contributed by atoms with E-state index in [2.05, 4.69) is 0 Å². The first-order valence-corrected chi connectivity index (χ1v) is 7.22. The minimum absolute atomic E-state index is 0.304. The van der Waals surface area contributed by atoms with E-state index in [0.29, 0.717) is 11.4 Å². The Labute approximate surface area is 103 Å². The van der Waals surface area contributed by atoms with E-state index in [-0.39, 0.29) is 0 Å². The van der Waals surface area contributed by atoms with Gasteiger partial charge in [0.2, 0.25) is 0 Å². The first-order valence-electron chi connectivity index (χ1n) is 5.33. The molecule has 0 saturated heterocycles. The van der Waals surface area contributed by atoms with Crippen molar-refractivity contribution < 1.29 is 13.5 Å². The summed E-state index contributed by atoms with van der Waals surface area (Å²) >= 11 is 0. The smallest absolute Gasteiger partial charge is 0.175 e. The molecule has 0 aliphatic heterocycles. The van der Waals surface area contributed by atoms with Gasteiger partial charge in [-0.1, -0.05) is 0 Å². The summed E-state index contributed by atoms with van der Waals surface area (Å²) in [6, 6.07) is 6.63. The molecule has 17 heavy (non-hydrogen) atoms. The highest BCUT2D eigenvalue weighted by molar-refractivity contribution is 7.90. The minimum Gasteiger partial charge on any atom is -0.389 e. The molecule has 5 heteroatoms. The van der Waals surface area contributed by atoms with Crippen LogP contribution < -0.4 is 4.90 Å². The van der Waals surface area contributed by atoms with Gasteiger partial charge in [0.15, 0.2) is 9.84 Å². The fourth-order valence-corrected chi connectivity index (χ4v) is 2.25. The number of aliphatic hydroxyl groups is 1.